The first-order valence-corrected chi connectivity index (χ1v) is 7.26. The van der Waals surface area contributed by atoms with Gasteiger partial charge in [0.1, 0.15) is 12.0 Å². The molecule has 114 valence electrons. The Hall–Kier alpha value is -3.08. The minimum atomic E-state index is -0.351. The van der Waals surface area contributed by atoms with Crippen molar-refractivity contribution in [1.82, 2.24) is 15.4 Å². The first-order valence-electron chi connectivity index (χ1n) is 7.26. The van der Waals surface area contributed by atoms with Gasteiger partial charge in [0.15, 0.2) is 0 Å². The van der Waals surface area contributed by atoms with Gasteiger partial charge in [-0.2, -0.15) is 5.10 Å². The van der Waals surface area contributed by atoms with Gasteiger partial charge in [0.2, 0.25) is 0 Å². The molecular formula is C18H16N4O. The molecule has 0 fully saturated rings. The van der Waals surface area contributed by atoms with Crippen LogP contribution in [0.4, 0.5) is 0 Å². The first-order chi connectivity index (χ1) is 11.1. The molecule has 23 heavy (non-hydrogen) atoms. The summed E-state index contributed by atoms with van der Waals surface area (Å²) in [4.78, 5) is 19.9. The monoisotopic (exact) mass is 304 g/mol. The summed E-state index contributed by atoms with van der Waals surface area (Å²) in [5, 5.41) is 6.47. The summed E-state index contributed by atoms with van der Waals surface area (Å²) in [7, 11) is 0. The number of carbonyl (C=O) groups is 1. The molecule has 1 aromatic heterocycles. The number of fused-ring (bicyclic) bond motifs is 1. The Labute approximate surface area is 134 Å². The molecule has 5 heteroatoms. The van der Waals surface area contributed by atoms with E-state index in [-0.39, 0.29) is 5.91 Å². The molecule has 0 saturated carbocycles. The average molecular weight is 304 g/mol. The molecule has 0 aliphatic carbocycles. The molecule has 1 amide bonds. The highest BCUT2D eigenvalue weighted by Gasteiger charge is 2.07. The molecule has 0 aliphatic heterocycles. The summed E-state index contributed by atoms with van der Waals surface area (Å²) in [6.45, 7) is 3.66. The van der Waals surface area contributed by atoms with Crippen LogP contribution in [0.3, 0.4) is 0 Å². The van der Waals surface area contributed by atoms with Crippen molar-refractivity contribution in [1.29, 1.82) is 0 Å². The van der Waals surface area contributed by atoms with Crippen molar-refractivity contribution in [2.24, 2.45) is 5.10 Å². The molecule has 1 N–H and O–H groups in total. The molecule has 0 bridgehead atoms. The molecule has 0 saturated heterocycles. The minimum Gasteiger partial charge on any atom is -0.266 e. The standard InChI is InChI=1S/C18H16N4O/c1-12-9-17(20-11-19-12)18(23)22-21-13(2)15-8-7-14-5-3-4-6-16(14)10-15/h3-11H,1-2H3,(H,22,23)/b21-13+. The summed E-state index contributed by atoms with van der Waals surface area (Å²) in [5.41, 5.74) is 5.26. The van der Waals surface area contributed by atoms with E-state index in [1.807, 2.05) is 44.2 Å². The van der Waals surface area contributed by atoms with E-state index >= 15 is 0 Å². The Balaban J connectivity index is 1.79. The van der Waals surface area contributed by atoms with Gasteiger partial charge in [0, 0.05) is 5.69 Å². The third-order valence-electron chi connectivity index (χ3n) is 3.53. The normalized spacial score (nSPS) is 11.5. The highest BCUT2D eigenvalue weighted by molar-refractivity contribution is 6.03. The van der Waals surface area contributed by atoms with Crippen LogP contribution >= 0.6 is 0 Å². The van der Waals surface area contributed by atoms with Crippen LogP contribution in [-0.2, 0) is 0 Å². The summed E-state index contributed by atoms with van der Waals surface area (Å²) in [5.74, 6) is -0.351. The van der Waals surface area contributed by atoms with E-state index in [1.165, 1.54) is 11.7 Å². The van der Waals surface area contributed by atoms with Crippen LogP contribution in [0, 0.1) is 6.92 Å². The van der Waals surface area contributed by atoms with Crippen molar-refractivity contribution in [3.05, 3.63) is 71.8 Å². The van der Waals surface area contributed by atoms with Gasteiger partial charge < -0.3 is 0 Å². The Bertz CT molecular complexity index is 902. The van der Waals surface area contributed by atoms with Gasteiger partial charge in [-0.05, 0) is 42.3 Å². The summed E-state index contributed by atoms with van der Waals surface area (Å²) < 4.78 is 0. The highest BCUT2D eigenvalue weighted by atomic mass is 16.2. The number of aromatic nitrogens is 2. The van der Waals surface area contributed by atoms with Crippen molar-refractivity contribution >= 4 is 22.4 Å². The lowest BCUT2D eigenvalue weighted by Crippen LogP contribution is -2.20. The predicted octanol–water partition coefficient (Wildman–Crippen LogP) is 3.09. The van der Waals surface area contributed by atoms with Crippen molar-refractivity contribution in [2.75, 3.05) is 0 Å². The number of rotatable bonds is 3. The second-order valence-electron chi connectivity index (χ2n) is 5.24. The number of hydrogen-bond donors (Lipinski definition) is 1. The van der Waals surface area contributed by atoms with Crippen LogP contribution in [0.5, 0.6) is 0 Å². The summed E-state index contributed by atoms with van der Waals surface area (Å²) in [6, 6.07) is 15.8. The Morgan fingerprint density at radius 3 is 2.61 bits per heavy atom. The lowest BCUT2D eigenvalue weighted by molar-refractivity contribution is 0.0949. The minimum absolute atomic E-state index is 0.299. The number of carbonyl (C=O) groups excluding carboxylic acids is 1. The van der Waals surface area contributed by atoms with E-state index in [4.69, 9.17) is 0 Å². The van der Waals surface area contributed by atoms with Gasteiger partial charge in [-0.15, -0.1) is 0 Å². The SMILES string of the molecule is C/C(=N\NC(=O)c1cc(C)ncn1)c1ccc2ccccc2c1. The van der Waals surface area contributed by atoms with Crippen LogP contribution in [0.1, 0.15) is 28.7 Å². The fourth-order valence-electron chi connectivity index (χ4n) is 2.25. The van der Waals surface area contributed by atoms with E-state index in [2.05, 4.69) is 32.6 Å². The van der Waals surface area contributed by atoms with Gasteiger partial charge in [0.25, 0.3) is 5.91 Å². The summed E-state index contributed by atoms with van der Waals surface area (Å²) >= 11 is 0. The zero-order chi connectivity index (χ0) is 16.2. The fourth-order valence-corrected chi connectivity index (χ4v) is 2.25. The highest BCUT2D eigenvalue weighted by Crippen LogP contribution is 2.16. The van der Waals surface area contributed by atoms with Gasteiger partial charge >= 0.3 is 0 Å². The molecule has 3 aromatic rings. The largest absolute Gasteiger partial charge is 0.290 e. The zero-order valence-corrected chi connectivity index (χ0v) is 12.9. The molecule has 0 unspecified atom stereocenters. The zero-order valence-electron chi connectivity index (χ0n) is 12.9. The lowest BCUT2D eigenvalue weighted by atomic mass is 10.0. The average Bonchev–Trinajstić information content (AvgIpc) is 2.59. The second-order valence-corrected chi connectivity index (χ2v) is 5.24. The van der Waals surface area contributed by atoms with E-state index in [1.54, 1.807) is 6.07 Å². The number of hydrogen-bond acceptors (Lipinski definition) is 4. The van der Waals surface area contributed by atoms with E-state index < -0.39 is 0 Å². The van der Waals surface area contributed by atoms with Gasteiger partial charge in [0.05, 0.1) is 5.71 Å². The van der Waals surface area contributed by atoms with Crippen LogP contribution in [0.25, 0.3) is 10.8 Å². The number of benzene rings is 2. The van der Waals surface area contributed by atoms with Crippen molar-refractivity contribution < 1.29 is 4.79 Å². The smallest absolute Gasteiger partial charge is 0.266 e. The maximum absolute atomic E-state index is 12.0. The van der Waals surface area contributed by atoms with Crippen LogP contribution < -0.4 is 5.43 Å². The van der Waals surface area contributed by atoms with Gasteiger partial charge in [-0.25, -0.2) is 15.4 Å². The molecule has 3 rings (SSSR count). The Kier molecular flexibility index (Phi) is 4.10. The van der Waals surface area contributed by atoms with Crippen molar-refractivity contribution in [2.45, 2.75) is 13.8 Å². The number of aryl methyl sites for hydroxylation is 1. The Morgan fingerprint density at radius 1 is 1.04 bits per heavy atom. The van der Waals surface area contributed by atoms with Crippen molar-refractivity contribution in [3.8, 4) is 0 Å². The molecule has 0 spiro atoms. The van der Waals surface area contributed by atoms with E-state index in [9.17, 15) is 4.79 Å². The molecular weight excluding hydrogens is 288 g/mol. The predicted molar refractivity (Wildman–Crippen MR) is 90.4 cm³/mol. The maximum Gasteiger partial charge on any atom is 0.290 e. The topological polar surface area (TPSA) is 67.2 Å². The molecule has 5 nitrogen and oxygen atoms in total. The van der Waals surface area contributed by atoms with Crippen LogP contribution in [-0.4, -0.2) is 21.6 Å². The number of hydrazone groups is 1. The van der Waals surface area contributed by atoms with Crippen LogP contribution in [0.15, 0.2) is 60.0 Å². The van der Waals surface area contributed by atoms with Gasteiger partial charge in [-0.1, -0.05) is 36.4 Å². The maximum atomic E-state index is 12.0. The van der Waals surface area contributed by atoms with E-state index in [0.29, 0.717) is 5.69 Å². The molecule has 0 aliphatic rings. The molecule has 2 aromatic carbocycles. The fraction of sp³-hybridized carbons (Fsp3) is 0.111. The quantitative estimate of drug-likeness (QED) is 0.597. The first kappa shape index (κ1) is 14.8. The summed E-state index contributed by atoms with van der Waals surface area (Å²) in [6.07, 6.45) is 1.37. The molecule has 1 heterocycles. The van der Waals surface area contributed by atoms with Crippen LogP contribution in [0.2, 0.25) is 0 Å². The van der Waals surface area contributed by atoms with Gasteiger partial charge in [-0.3, -0.25) is 4.79 Å². The molecule has 0 radical (unpaired) electrons. The number of nitrogens with one attached hydrogen (secondary N) is 1. The molecule has 0 atom stereocenters. The Morgan fingerprint density at radius 2 is 1.83 bits per heavy atom. The lowest BCUT2D eigenvalue weighted by Gasteiger charge is -2.05. The third kappa shape index (κ3) is 3.40. The number of amides is 1. The number of nitrogens with zero attached hydrogens (tertiary/aromatic N) is 3. The third-order valence-corrected chi connectivity index (χ3v) is 3.53. The van der Waals surface area contributed by atoms with E-state index in [0.717, 1.165) is 22.4 Å². The van der Waals surface area contributed by atoms with Crippen molar-refractivity contribution in [3.63, 3.8) is 0 Å². The second kappa shape index (κ2) is 6.36.